The smallest absolute Gasteiger partial charge is 0.297 e. The van der Waals surface area contributed by atoms with E-state index in [1.807, 2.05) is 25.1 Å². The summed E-state index contributed by atoms with van der Waals surface area (Å²) < 4.78 is 30.8. The van der Waals surface area contributed by atoms with E-state index in [0.29, 0.717) is 12.0 Å². The van der Waals surface area contributed by atoms with E-state index in [1.165, 1.54) is 5.56 Å². The van der Waals surface area contributed by atoms with Crippen molar-refractivity contribution in [1.82, 2.24) is 4.90 Å². The van der Waals surface area contributed by atoms with Gasteiger partial charge in [-0.05, 0) is 62.3 Å². The Bertz CT molecular complexity index is 929. The molecule has 0 unspecified atom stereocenters. The Hall–Kier alpha value is -1.40. The van der Waals surface area contributed by atoms with Crippen LogP contribution in [0.4, 0.5) is 0 Å². The Morgan fingerprint density at radius 3 is 2.54 bits per heavy atom. The molecule has 0 bridgehead atoms. The minimum atomic E-state index is -3.71. The number of hydrogen-bond acceptors (Lipinski definition) is 4. The molecular weight excluding hydrogens is 394 g/mol. The summed E-state index contributed by atoms with van der Waals surface area (Å²) in [6, 6.07) is 15.3. The molecule has 150 valence electrons. The van der Waals surface area contributed by atoms with Crippen molar-refractivity contribution >= 4 is 21.7 Å². The fourth-order valence-electron chi connectivity index (χ4n) is 4.46. The third-order valence-electron chi connectivity index (χ3n) is 6.01. The number of benzene rings is 2. The first kappa shape index (κ1) is 19.9. The Morgan fingerprint density at radius 1 is 1.04 bits per heavy atom. The van der Waals surface area contributed by atoms with E-state index in [9.17, 15) is 8.42 Å². The van der Waals surface area contributed by atoms with Crippen LogP contribution in [0.5, 0.6) is 0 Å². The summed E-state index contributed by atoms with van der Waals surface area (Å²) in [4.78, 5) is 2.72. The van der Waals surface area contributed by atoms with E-state index in [1.54, 1.807) is 24.3 Å². The van der Waals surface area contributed by atoms with Gasteiger partial charge in [0.2, 0.25) is 0 Å². The summed E-state index contributed by atoms with van der Waals surface area (Å²) in [5.41, 5.74) is 2.26. The Labute approximate surface area is 172 Å². The van der Waals surface area contributed by atoms with Crippen LogP contribution in [-0.4, -0.2) is 38.6 Å². The van der Waals surface area contributed by atoms with Crippen molar-refractivity contribution in [2.24, 2.45) is 0 Å². The van der Waals surface area contributed by atoms with E-state index < -0.39 is 10.1 Å². The number of nitrogens with zero attached hydrogens (tertiary/aromatic N) is 1. The first-order valence-electron chi connectivity index (χ1n) is 9.91. The molecule has 0 N–H and O–H groups in total. The van der Waals surface area contributed by atoms with Crippen LogP contribution in [0, 0.1) is 6.92 Å². The summed E-state index contributed by atoms with van der Waals surface area (Å²) in [6.07, 6.45) is 3.37. The third kappa shape index (κ3) is 4.28. The molecule has 0 aromatic heterocycles. The highest BCUT2D eigenvalue weighted by molar-refractivity contribution is 7.86. The zero-order valence-electron chi connectivity index (χ0n) is 16.1. The lowest BCUT2D eigenvalue weighted by Gasteiger charge is -2.44. The predicted octanol–water partition coefficient (Wildman–Crippen LogP) is 4.76. The lowest BCUT2D eigenvalue weighted by molar-refractivity contribution is 0.0319. The SMILES string of the molecule is Cc1ccc(S(=O)(=O)O[C@@H]2CCN3C[C@H](c4ccccc4Cl)CC[C@H]3C2)cc1. The van der Waals surface area contributed by atoms with Crippen LogP contribution < -0.4 is 0 Å². The van der Waals surface area contributed by atoms with E-state index in [-0.39, 0.29) is 11.0 Å². The van der Waals surface area contributed by atoms with Gasteiger partial charge in [-0.15, -0.1) is 0 Å². The van der Waals surface area contributed by atoms with Crippen molar-refractivity contribution in [2.45, 2.75) is 55.6 Å². The molecule has 3 atom stereocenters. The predicted molar refractivity (Wildman–Crippen MR) is 111 cm³/mol. The zero-order chi connectivity index (χ0) is 19.7. The fraction of sp³-hybridized carbons (Fsp3) is 0.455. The first-order valence-corrected chi connectivity index (χ1v) is 11.7. The third-order valence-corrected chi connectivity index (χ3v) is 7.73. The van der Waals surface area contributed by atoms with Gasteiger partial charge in [0.1, 0.15) is 0 Å². The van der Waals surface area contributed by atoms with Gasteiger partial charge in [0.05, 0.1) is 11.0 Å². The van der Waals surface area contributed by atoms with E-state index >= 15 is 0 Å². The maximum absolute atomic E-state index is 12.6. The van der Waals surface area contributed by atoms with Crippen LogP contribution in [0.25, 0.3) is 0 Å². The lowest BCUT2D eigenvalue weighted by Crippen LogP contribution is -2.49. The minimum Gasteiger partial charge on any atom is -0.300 e. The summed E-state index contributed by atoms with van der Waals surface area (Å²) in [5, 5.41) is 0.841. The molecule has 2 aromatic rings. The average Bonchev–Trinajstić information content (AvgIpc) is 2.68. The van der Waals surface area contributed by atoms with E-state index in [0.717, 1.165) is 49.4 Å². The molecular formula is C22H26ClNO3S. The van der Waals surface area contributed by atoms with E-state index in [2.05, 4.69) is 11.0 Å². The molecule has 0 radical (unpaired) electrons. The van der Waals surface area contributed by atoms with Crippen LogP contribution in [0.1, 0.15) is 42.7 Å². The molecule has 4 rings (SSSR count). The quantitative estimate of drug-likeness (QED) is 0.670. The molecule has 0 aliphatic carbocycles. The molecule has 2 aliphatic rings. The molecule has 2 fully saturated rings. The van der Waals surface area contributed by atoms with Gasteiger partial charge in [-0.3, -0.25) is 9.08 Å². The van der Waals surface area contributed by atoms with Gasteiger partial charge in [0.25, 0.3) is 10.1 Å². The van der Waals surface area contributed by atoms with Crippen LogP contribution in [0.15, 0.2) is 53.4 Å². The van der Waals surface area contributed by atoms with Crippen LogP contribution in [0.3, 0.4) is 0 Å². The minimum absolute atomic E-state index is 0.239. The van der Waals surface area contributed by atoms with Gasteiger partial charge in [0, 0.05) is 24.2 Å². The maximum Gasteiger partial charge on any atom is 0.297 e. The highest BCUT2D eigenvalue weighted by Crippen LogP contribution is 2.37. The molecule has 2 aromatic carbocycles. The van der Waals surface area contributed by atoms with Crippen molar-refractivity contribution in [2.75, 3.05) is 13.1 Å². The summed E-state index contributed by atoms with van der Waals surface area (Å²) in [6.45, 7) is 3.78. The fourth-order valence-corrected chi connectivity index (χ4v) is 5.86. The Kier molecular flexibility index (Phi) is 5.79. The normalized spacial score (nSPS) is 26.0. The molecule has 0 amide bonds. The monoisotopic (exact) mass is 419 g/mol. The van der Waals surface area contributed by atoms with Gasteiger partial charge < -0.3 is 0 Å². The highest BCUT2D eigenvalue weighted by Gasteiger charge is 2.36. The zero-order valence-corrected chi connectivity index (χ0v) is 17.6. The second-order valence-corrected chi connectivity index (χ2v) is 9.93. The number of hydrogen-bond donors (Lipinski definition) is 0. The highest BCUT2D eigenvalue weighted by atomic mass is 35.5. The van der Waals surface area contributed by atoms with Gasteiger partial charge in [0.15, 0.2) is 0 Å². The van der Waals surface area contributed by atoms with Crippen molar-refractivity contribution in [3.63, 3.8) is 0 Å². The summed E-state index contributed by atoms with van der Waals surface area (Å²) >= 11 is 6.39. The summed E-state index contributed by atoms with van der Waals surface area (Å²) in [5.74, 6) is 0.443. The van der Waals surface area contributed by atoms with Gasteiger partial charge in [-0.1, -0.05) is 47.5 Å². The largest absolute Gasteiger partial charge is 0.300 e. The van der Waals surface area contributed by atoms with Crippen molar-refractivity contribution < 1.29 is 12.6 Å². The standard InChI is InChI=1S/C22H26ClNO3S/c1-16-6-10-20(11-7-16)28(25,26)27-19-12-13-24-15-17(8-9-18(24)14-19)21-4-2-3-5-22(21)23/h2-7,10-11,17-19H,8-9,12-15H2,1H3/t17-,18+,19-/m1/s1. The van der Waals surface area contributed by atoms with Crippen molar-refractivity contribution in [3.8, 4) is 0 Å². The van der Waals surface area contributed by atoms with Gasteiger partial charge in [-0.2, -0.15) is 8.42 Å². The second-order valence-electron chi connectivity index (χ2n) is 7.95. The molecule has 4 nitrogen and oxygen atoms in total. The topological polar surface area (TPSA) is 46.6 Å². The summed E-state index contributed by atoms with van der Waals surface area (Å²) in [7, 11) is -3.71. The number of piperidine rings is 2. The van der Waals surface area contributed by atoms with Gasteiger partial charge in [-0.25, -0.2) is 0 Å². The Morgan fingerprint density at radius 2 is 1.79 bits per heavy atom. The van der Waals surface area contributed by atoms with Crippen molar-refractivity contribution in [1.29, 1.82) is 0 Å². The number of halogens is 1. The second kappa shape index (κ2) is 8.15. The van der Waals surface area contributed by atoms with E-state index in [4.69, 9.17) is 15.8 Å². The lowest BCUT2D eigenvalue weighted by atomic mass is 9.83. The molecule has 28 heavy (non-hydrogen) atoms. The maximum atomic E-state index is 12.6. The van der Waals surface area contributed by atoms with Gasteiger partial charge >= 0.3 is 0 Å². The van der Waals surface area contributed by atoms with Crippen LogP contribution >= 0.6 is 11.6 Å². The first-order chi connectivity index (χ1) is 13.4. The number of rotatable bonds is 4. The average molecular weight is 420 g/mol. The molecule has 2 saturated heterocycles. The van der Waals surface area contributed by atoms with Crippen LogP contribution in [0.2, 0.25) is 5.02 Å². The number of fused-ring (bicyclic) bond motifs is 1. The molecule has 2 heterocycles. The van der Waals surface area contributed by atoms with Crippen molar-refractivity contribution in [3.05, 3.63) is 64.7 Å². The number of aryl methyl sites for hydroxylation is 1. The molecule has 0 spiro atoms. The molecule has 2 aliphatic heterocycles. The van der Waals surface area contributed by atoms with Crippen LogP contribution in [-0.2, 0) is 14.3 Å². The molecule has 6 heteroatoms. The molecule has 0 saturated carbocycles. The Balaban J connectivity index is 1.39.